The van der Waals surface area contributed by atoms with Gasteiger partial charge in [-0.2, -0.15) is 13.2 Å². The fourth-order valence-electron chi connectivity index (χ4n) is 3.24. The number of anilines is 1. The molecule has 0 bridgehead atoms. The number of nitrogens with one attached hydrogen (secondary N) is 1. The second-order valence-electron chi connectivity index (χ2n) is 6.63. The summed E-state index contributed by atoms with van der Waals surface area (Å²) < 4.78 is 62.3. The highest BCUT2D eigenvalue weighted by atomic mass is 32.2. The van der Waals surface area contributed by atoms with E-state index in [1.165, 1.54) is 23.8 Å². The highest BCUT2D eigenvalue weighted by molar-refractivity contribution is 7.92. The van der Waals surface area contributed by atoms with Gasteiger partial charge < -0.3 is 5.32 Å². The van der Waals surface area contributed by atoms with Crippen molar-refractivity contribution in [3.05, 3.63) is 60.2 Å². The molecule has 1 aliphatic rings. The molecule has 0 amide bonds. The Morgan fingerprint density at radius 2 is 1.56 bits per heavy atom. The monoisotopic (exact) mass is 398 g/mol. The van der Waals surface area contributed by atoms with Gasteiger partial charge in [0.2, 0.25) is 0 Å². The van der Waals surface area contributed by atoms with Crippen LogP contribution in [0.25, 0.3) is 0 Å². The maximum Gasteiger partial charge on any atom is 0.501 e. The number of benzene rings is 2. The van der Waals surface area contributed by atoms with Crippen LogP contribution in [0.3, 0.4) is 0 Å². The summed E-state index contributed by atoms with van der Waals surface area (Å²) in [5.74, 6) is 0. The van der Waals surface area contributed by atoms with E-state index < -0.39 is 20.2 Å². The zero-order valence-electron chi connectivity index (χ0n) is 14.6. The number of hydrogen-bond acceptors (Lipinski definition) is 4. The predicted molar refractivity (Wildman–Crippen MR) is 98.0 cm³/mol. The van der Waals surface area contributed by atoms with Gasteiger partial charge in [0.15, 0.2) is 0 Å². The smallest absolute Gasteiger partial charge is 0.381 e. The minimum atomic E-state index is -5.38. The third-order valence-corrected chi connectivity index (χ3v) is 6.22. The number of hydrogen-bond donors (Lipinski definition) is 1. The highest BCUT2D eigenvalue weighted by Crippen LogP contribution is 2.35. The van der Waals surface area contributed by atoms with Crippen LogP contribution in [-0.4, -0.2) is 38.0 Å². The summed E-state index contributed by atoms with van der Waals surface area (Å²) in [4.78, 5) is 1.57. The predicted octanol–water partition coefficient (Wildman–Crippen LogP) is 4.06. The second-order valence-corrected chi connectivity index (χ2v) is 8.54. The largest absolute Gasteiger partial charge is 0.501 e. The summed E-state index contributed by atoms with van der Waals surface area (Å²) in [6.45, 7) is 2.41. The number of halogens is 3. The fourth-order valence-corrected chi connectivity index (χ4v) is 4.17. The molecular weight excluding hydrogens is 377 g/mol. The molecule has 1 aliphatic heterocycles. The number of piperidine rings is 1. The van der Waals surface area contributed by atoms with Crippen LogP contribution < -0.4 is 5.32 Å². The third kappa shape index (κ3) is 4.62. The maximum atomic E-state index is 12.9. The second kappa shape index (κ2) is 7.90. The molecule has 1 fully saturated rings. The van der Waals surface area contributed by atoms with E-state index in [2.05, 4.69) is 22.3 Å². The Balaban J connectivity index is 1.65. The van der Waals surface area contributed by atoms with Crippen LogP contribution in [-0.2, 0) is 16.4 Å². The van der Waals surface area contributed by atoms with Crippen LogP contribution in [0.15, 0.2) is 59.5 Å². The number of sulfone groups is 1. The highest BCUT2D eigenvalue weighted by Gasteiger charge is 2.48. The Bertz CT molecular complexity index is 862. The van der Waals surface area contributed by atoms with Crippen molar-refractivity contribution in [2.75, 3.05) is 18.4 Å². The molecule has 3 rings (SSSR count). The van der Waals surface area contributed by atoms with Crippen LogP contribution >= 0.6 is 0 Å². The molecular formula is C19H21F3N2O2S. The molecule has 2 aromatic rings. The normalized spacial score (nSPS) is 17.0. The fraction of sp³-hybridized carbons (Fsp3) is 0.368. The summed E-state index contributed by atoms with van der Waals surface area (Å²) in [6, 6.07) is 15.2. The first-order chi connectivity index (χ1) is 12.8. The Kier molecular flexibility index (Phi) is 5.76. The van der Waals surface area contributed by atoms with Crippen molar-refractivity contribution in [3.63, 3.8) is 0 Å². The Morgan fingerprint density at radius 3 is 2.19 bits per heavy atom. The lowest BCUT2D eigenvalue weighted by Gasteiger charge is -2.33. The van der Waals surface area contributed by atoms with Gasteiger partial charge >= 0.3 is 5.51 Å². The van der Waals surface area contributed by atoms with Crippen LogP contribution in [0, 0.1) is 0 Å². The van der Waals surface area contributed by atoms with Crippen molar-refractivity contribution in [2.24, 2.45) is 0 Å². The van der Waals surface area contributed by atoms with Gasteiger partial charge in [0, 0.05) is 25.7 Å². The molecule has 0 saturated carbocycles. The van der Waals surface area contributed by atoms with Gasteiger partial charge in [0.25, 0.3) is 9.84 Å². The third-order valence-electron chi connectivity index (χ3n) is 4.68. The Morgan fingerprint density at radius 1 is 0.963 bits per heavy atom. The lowest BCUT2D eigenvalue weighted by atomic mass is 10.0. The van der Waals surface area contributed by atoms with Gasteiger partial charge in [-0.15, -0.1) is 0 Å². The molecule has 1 saturated heterocycles. The van der Waals surface area contributed by atoms with Crippen LogP contribution in [0.2, 0.25) is 0 Å². The molecule has 146 valence electrons. The van der Waals surface area contributed by atoms with E-state index in [0.717, 1.165) is 38.5 Å². The first-order valence-corrected chi connectivity index (χ1v) is 10.2. The molecule has 0 spiro atoms. The number of nitrogens with zero attached hydrogens (tertiary/aromatic N) is 1. The van der Waals surface area contributed by atoms with E-state index in [1.54, 1.807) is 0 Å². The SMILES string of the molecule is O=S(=O)(c1ccccc1NC1CCN(Cc2ccccc2)CC1)C(F)(F)F. The van der Waals surface area contributed by atoms with Crippen LogP contribution in [0.1, 0.15) is 18.4 Å². The van der Waals surface area contributed by atoms with Gasteiger partial charge in [-0.25, -0.2) is 8.42 Å². The van der Waals surface area contributed by atoms with Gasteiger partial charge in [0.05, 0.1) is 10.6 Å². The van der Waals surface area contributed by atoms with Gasteiger partial charge in [-0.1, -0.05) is 42.5 Å². The summed E-state index contributed by atoms with van der Waals surface area (Å²) in [5, 5.41) is 3.01. The van der Waals surface area contributed by atoms with Crippen molar-refractivity contribution >= 4 is 15.5 Å². The molecule has 2 aromatic carbocycles. The van der Waals surface area contributed by atoms with Gasteiger partial charge in [-0.05, 0) is 30.5 Å². The zero-order chi connectivity index (χ0) is 19.5. The first-order valence-electron chi connectivity index (χ1n) is 8.70. The van der Waals surface area contributed by atoms with E-state index >= 15 is 0 Å². The van der Waals surface area contributed by atoms with Crippen molar-refractivity contribution in [1.82, 2.24) is 4.90 Å². The minimum absolute atomic E-state index is 0.0105. The molecule has 8 heteroatoms. The van der Waals surface area contributed by atoms with E-state index in [4.69, 9.17) is 0 Å². The molecule has 0 atom stereocenters. The molecule has 0 unspecified atom stereocenters. The molecule has 0 aromatic heterocycles. The molecule has 0 radical (unpaired) electrons. The van der Waals surface area contributed by atoms with Gasteiger partial charge in [-0.3, -0.25) is 4.90 Å². The summed E-state index contributed by atoms with van der Waals surface area (Å²) in [7, 11) is -5.38. The number of rotatable bonds is 5. The average molecular weight is 398 g/mol. The van der Waals surface area contributed by atoms with Crippen LogP contribution in [0.4, 0.5) is 18.9 Å². The van der Waals surface area contributed by atoms with E-state index in [-0.39, 0.29) is 11.7 Å². The van der Waals surface area contributed by atoms with Crippen molar-refractivity contribution in [1.29, 1.82) is 0 Å². The zero-order valence-corrected chi connectivity index (χ0v) is 15.4. The van der Waals surface area contributed by atoms with Crippen molar-refractivity contribution in [2.45, 2.75) is 35.8 Å². The first kappa shape index (κ1) is 19.7. The molecule has 0 aliphatic carbocycles. The molecule has 1 heterocycles. The molecule has 27 heavy (non-hydrogen) atoms. The Hall–Kier alpha value is -2.06. The Labute approximate surface area is 156 Å². The lowest BCUT2D eigenvalue weighted by molar-refractivity contribution is -0.0435. The van der Waals surface area contributed by atoms with E-state index in [9.17, 15) is 21.6 Å². The van der Waals surface area contributed by atoms with Crippen molar-refractivity contribution in [3.8, 4) is 0 Å². The van der Waals surface area contributed by atoms with E-state index in [1.807, 2.05) is 18.2 Å². The van der Waals surface area contributed by atoms with E-state index in [0.29, 0.717) is 0 Å². The summed E-state index contributed by atoms with van der Waals surface area (Å²) in [6.07, 6.45) is 1.46. The maximum absolute atomic E-state index is 12.9. The van der Waals surface area contributed by atoms with Gasteiger partial charge in [0.1, 0.15) is 0 Å². The topological polar surface area (TPSA) is 49.4 Å². The van der Waals surface area contributed by atoms with Crippen molar-refractivity contribution < 1.29 is 21.6 Å². The van der Waals surface area contributed by atoms with Crippen LogP contribution in [0.5, 0.6) is 0 Å². The number of para-hydroxylation sites is 1. The summed E-state index contributed by atoms with van der Waals surface area (Å²) in [5.41, 5.74) is -4.09. The minimum Gasteiger partial charge on any atom is -0.381 e. The quantitative estimate of drug-likeness (QED) is 0.825. The molecule has 1 N–H and O–H groups in total. The summed E-state index contributed by atoms with van der Waals surface area (Å²) >= 11 is 0. The lowest BCUT2D eigenvalue weighted by Crippen LogP contribution is -2.39. The molecule has 4 nitrogen and oxygen atoms in total. The number of alkyl halides is 3. The number of likely N-dealkylation sites (tertiary alicyclic amines) is 1. The standard InChI is InChI=1S/C19H21F3N2O2S/c20-19(21,22)27(25,26)18-9-5-4-8-17(18)23-16-10-12-24(13-11-16)14-15-6-2-1-3-7-15/h1-9,16,23H,10-14H2. The average Bonchev–Trinajstić information content (AvgIpc) is 2.64.